The molecule has 26 heavy (non-hydrogen) atoms. The summed E-state index contributed by atoms with van der Waals surface area (Å²) >= 11 is 0. The highest BCUT2D eigenvalue weighted by atomic mass is 19.1. The number of carboxylic acid groups (broad SMARTS) is 2. The molecule has 0 bridgehead atoms. The van der Waals surface area contributed by atoms with Gasteiger partial charge in [-0.15, -0.1) is 0 Å². The predicted molar refractivity (Wildman–Crippen MR) is 90.9 cm³/mol. The molecule has 142 valence electrons. The van der Waals surface area contributed by atoms with Gasteiger partial charge in [0.15, 0.2) is 0 Å². The van der Waals surface area contributed by atoms with Gasteiger partial charge in [-0.1, -0.05) is 0 Å². The number of benzene rings is 1. The van der Waals surface area contributed by atoms with Crippen LogP contribution in [0.1, 0.15) is 17.5 Å². The maximum Gasteiger partial charge on any atom is 0.328 e. The average molecular weight is 367 g/mol. The van der Waals surface area contributed by atoms with Gasteiger partial charge >= 0.3 is 11.9 Å². The van der Waals surface area contributed by atoms with Crippen LogP contribution in [-0.4, -0.2) is 54.6 Å². The second kappa shape index (κ2) is 9.88. The van der Waals surface area contributed by atoms with Crippen LogP contribution in [0, 0.1) is 5.82 Å². The molecule has 1 atom stereocenters. The van der Waals surface area contributed by atoms with E-state index in [0.29, 0.717) is 18.8 Å². The van der Waals surface area contributed by atoms with Crippen molar-refractivity contribution in [3.05, 3.63) is 41.2 Å². The standard InChI is InChI=1S/C14H18FNO2.C4H4O4/c15-13-4-5-14(12-3-1-2-11(12)13)18-9-10-8-16-6-7-17-10;5-3(6)1-2-4(7)8/h4-5,10,16H,1-3,6-9H2;1-2H,(H,5,6)(H,7,8)/b;2-1+. The normalized spacial score (nSPS) is 18.7. The molecule has 0 amide bonds. The number of carboxylic acids is 2. The summed E-state index contributed by atoms with van der Waals surface area (Å²) in [6.07, 6.45) is 3.99. The van der Waals surface area contributed by atoms with E-state index in [9.17, 15) is 14.0 Å². The van der Waals surface area contributed by atoms with Crippen molar-refractivity contribution in [1.29, 1.82) is 0 Å². The van der Waals surface area contributed by atoms with E-state index < -0.39 is 11.9 Å². The van der Waals surface area contributed by atoms with Crippen LogP contribution in [0.2, 0.25) is 0 Å². The highest BCUT2D eigenvalue weighted by Crippen LogP contribution is 2.32. The van der Waals surface area contributed by atoms with Crippen LogP contribution in [-0.2, 0) is 27.2 Å². The number of halogens is 1. The second-order valence-electron chi connectivity index (χ2n) is 5.87. The van der Waals surface area contributed by atoms with Gasteiger partial charge in [0.1, 0.15) is 24.3 Å². The summed E-state index contributed by atoms with van der Waals surface area (Å²) < 4.78 is 25.0. The fourth-order valence-electron chi connectivity index (χ4n) is 2.82. The zero-order valence-corrected chi connectivity index (χ0v) is 14.2. The Balaban J connectivity index is 0.000000260. The number of hydrogen-bond acceptors (Lipinski definition) is 5. The molecule has 3 N–H and O–H groups in total. The monoisotopic (exact) mass is 367 g/mol. The lowest BCUT2D eigenvalue weighted by molar-refractivity contribution is -0.134. The fraction of sp³-hybridized carbons (Fsp3) is 0.444. The number of fused-ring (bicyclic) bond motifs is 1. The molecule has 0 spiro atoms. The molecule has 1 heterocycles. The summed E-state index contributed by atoms with van der Waals surface area (Å²) in [5, 5.41) is 18.9. The van der Waals surface area contributed by atoms with Crippen molar-refractivity contribution in [2.24, 2.45) is 0 Å². The zero-order chi connectivity index (χ0) is 18.9. The predicted octanol–water partition coefficient (Wildman–Crippen LogP) is 1.39. The van der Waals surface area contributed by atoms with Gasteiger partial charge in [0.25, 0.3) is 0 Å². The molecule has 1 aromatic carbocycles. The van der Waals surface area contributed by atoms with Gasteiger partial charge in [-0.2, -0.15) is 0 Å². The van der Waals surface area contributed by atoms with E-state index in [1.807, 2.05) is 0 Å². The molecule has 0 saturated carbocycles. The third-order valence-corrected chi connectivity index (χ3v) is 3.98. The lowest BCUT2D eigenvalue weighted by atomic mass is 10.1. The third-order valence-electron chi connectivity index (χ3n) is 3.98. The van der Waals surface area contributed by atoms with Gasteiger partial charge in [-0.05, 0) is 37.0 Å². The number of ether oxygens (including phenoxy) is 2. The van der Waals surface area contributed by atoms with Crippen molar-refractivity contribution in [1.82, 2.24) is 5.32 Å². The summed E-state index contributed by atoms with van der Waals surface area (Å²) in [4.78, 5) is 19.1. The van der Waals surface area contributed by atoms with Crippen molar-refractivity contribution in [3.8, 4) is 5.75 Å². The van der Waals surface area contributed by atoms with E-state index in [1.165, 1.54) is 6.07 Å². The topological polar surface area (TPSA) is 105 Å². The summed E-state index contributed by atoms with van der Waals surface area (Å²) in [7, 11) is 0. The molecule has 1 aliphatic heterocycles. The second-order valence-corrected chi connectivity index (χ2v) is 5.87. The quantitative estimate of drug-likeness (QED) is 0.676. The molecule has 0 radical (unpaired) electrons. The maximum absolute atomic E-state index is 13.6. The summed E-state index contributed by atoms with van der Waals surface area (Å²) in [6, 6.07) is 3.26. The van der Waals surface area contributed by atoms with Gasteiger partial charge < -0.3 is 25.0 Å². The van der Waals surface area contributed by atoms with Gasteiger partial charge in [-0.25, -0.2) is 14.0 Å². The molecular formula is C18H22FNO6. The Morgan fingerprint density at radius 1 is 1.23 bits per heavy atom. The molecule has 2 aliphatic rings. The van der Waals surface area contributed by atoms with Crippen LogP contribution in [0.3, 0.4) is 0 Å². The average Bonchev–Trinajstić information content (AvgIpc) is 3.12. The Hall–Kier alpha value is -2.45. The highest BCUT2D eigenvalue weighted by molar-refractivity contribution is 5.89. The van der Waals surface area contributed by atoms with Crippen molar-refractivity contribution < 1.29 is 33.7 Å². The first-order chi connectivity index (χ1) is 12.5. The van der Waals surface area contributed by atoms with E-state index in [-0.39, 0.29) is 11.9 Å². The molecule has 3 rings (SSSR count). The highest BCUT2D eigenvalue weighted by Gasteiger charge is 2.21. The lowest BCUT2D eigenvalue weighted by Gasteiger charge is -2.24. The molecule has 0 aromatic heterocycles. The van der Waals surface area contributed by atoms with Gasteiger partial charge in [0.05, 0.1) is 6.61 Å². The van der Waals surface area contributed by atoms with Crippen molar-refractivity contribution in [2.75, 3.05) is 26.3 Å². The minimum atomic E-state index is -1.26. The molecule has 1 unspecified atom stereocenters. The van der Waals surface area contributed by atoms with Crippen molar-refractivity contribution >= 4 is 11.9 Å². The van der Waals surface area contributed by atoms with Crippen LogP contribution in [0.25, 0.3) is 0 Å². The number of aliphatic carboxylic acids is 2. The van der Waals surface area contributed by atoms with Crippen molar-refractivity contribution in [2.45, 2.75) is 25.4 Å². The zero-order valence-electron chi connectivity index (χ0n) is 14.2. The SMILES string of the molecule is Fc1ccc(OCC2CNCCO2)c2c1CCC2.O=C(O)/C=C/C(=O)O. The molecule has 7 nitrogen and oxygen atoms in total. The van der Waals surface area contributed by atoms with Crippen LogP contribution < -0.4 is 10.1 Å². The smallest absolute Gasteiger partial charge is 0.328 e. The minimum Gasteiger partial charge on any atom is -0.491 e. The van der Waals surface area contributed by atoms with E-state index in [1.54, 1.807) is 6.07 Å². The van der Waals surface area contributed by atoms with Crippen LogP contribution in [0.15, 0.2) is 24.3 Å². The molecule has 1 fully saturated rings. The third kappa shape index (κ3) is 6.12. The lowest BCUT2D eigenvalue weighted by Crippen LogP contribution is -2.41. The minimum absolute atomic E-state index is 0.0922. The first kappa shape index (κ1) is 19.9. The van der Waals surface area contributed by atoms with E-state index in [2.05, 4.69) is 5.32 Å². The molecule has 1 aliphatic carbocycles. The fourth-order valence-corrected chi connectivity index (χ4v) is 2.82. The van der Waals surface area contributed by atoms with Crippen LogP contribution in [0.5, 0.6) is 5.75 Å². The summed E-state index contributed by atoms with van der Waals surface area (Å²) in [5.74, 6) is -1.77. The first-order valence-corrected chi connectivity index (χ1v) is 8.36. The Bertz CT molecular complexity index is 654. The Kier molecular flexibility index (Phi) is 7.55. The molecule has 8 heteroatoms. The number of rotatable bonds is 5. The molecular weight excluding hydrogens is 345 g/mol. The number of morpholine rings is 1. The first-order valence-electron chi connectivity index (χ1n) is 8.36. The number of nitrogens with one attached hydrogen (secondary N) is 1. The van der Waals surface area contributed by atoms with E-state index in [0.717, 1.165) is 55.8 Å². The van der Waals surface area contributed by atoms with E-state index in [4.69, 9.17) is 19.7 Å². The van der Waals surface area contributed by atoms with E-state index >= 15 is 0 Å². The number of hydrogen-bond donors (Lipinski definition) is 3. The van der Waals surface area contributed by atoms with Crippen molar-refractivity contribution in [3.63, 3.8) is 0 Å². The van der Waals surface area contributed by atoms with Gasteiger partial charge in [-0.3, -0.25) is 0 Å². The number of carbonyl (C=O) groups is 2. The van der Waals surface area contributed by atoms with Crippen LogP contribution >= 0.6 is 0 Å². The summed E-state index contributed by atoms with van der Waals surface area (Å²) in [6.45, 7) is 2.99. The largest absolute Gasteiger partial charge is 0.491 e. The Labute approximate surface area is 150 Å². The Morgan fingerprint density at radius 3 is 2.54 bits per heavy atom. The summed E-state index contributed by atoms with van der Waals surface area (Å²) in [5.41, 5.74) is 1.90. The molecule has 1 saturated heterocycles. The van der Waals surface area contributed by atoms with Gasteiger partial charge in [0.2, 0.25) is 0 Å². The Morgan fingerprint density at radius 2 is 1.92 bits per heavy atom. The van der Waals surface area contributed by atoms with Crippen LogP contribution in [0.4, 0.5) is 4.39 Å². The molecule has 1 aromatic rings. The maximum atomic E-state index is 13.6. The van der Waals surface area contributed by atoms with Gasteiger partial charge in [0, 0.05) is 30.8 Å².